The molecule has 0 bridgehead atoms. The molecule has 8 heteroatoms. The van der Waals surface area contributed by atoms with Crippen LogP contribution in [0.4, 0.5) is 5.82 Å². The Morgan fingerprint density at radius 3 is 2.37 bits per heavy atom. The maximum absolute atomic E-state index is 12.2. The number of anilines is 1. The Bertz CT molecular complexity index is 656. The summed E-state index contributed by atoms with van der Waals surface area (Å²) in [6.07, 6.45) is 3.04. The fourth-order valence-electron chi connectivity index (χ4n) is 1.66. The molecule has 0 aliphatic rings. The highest BCUT2D eigenvalue weighted by atomic mass is 32.1. The molecule has 1 amide bonds. The Labute approximate surface area is 115 Å². The van der Waals surface area contributed by atoms with E-state index in [-0.39, 0.29) is 10.9 Å². The number of hydrogen-bond donors (Lipinski definition) is 2. The number of hydrogen-bond acceptors (Lipinski definition) is 4. The fraction of sp³-hybridized carbons (Fsp3) is 0.273. The molecule has 0 fully saturated rings. The molecule has 0 spiro atoms. The Kier molecular flexibility index (Phi) is 3.34. The summed E-state index contributed by atoms with van der Waals surface area (Å²) in [4.78, 5) is 12.4. The van der Waals surface area contributed by atoms with E-state index in [1.54, 1.807) is 18.8 Å². The quantitative estimate of drug-likeness (QED) is 0.791. The van der Waals surface area contributed by atoms with Crippen LogP contribution in [0.3, 0.4) is 0 Å². The fourth-order valence-corrected chi connectivity index (χ4v) is 1.81. The molecule has 7 nitrogen and oxygen atoms in total. The van der Waals surface area contributed by atoms with Crippen molar-refractivity contribution in [2.24, 2.45) is 19.8 Å². The first-order chi connectivity index (χ1) is 8.91. The van der Waals surface area contributed by atoms with Gasteiger partial charge in [-0.25, -0.2) is 0 Å². The van der Waals surface area contributed by atoms with Crippen molar-refractivity contribution < 1.29 is 4.79 Å². The molecule has 2 heterocycles. The lowest BCUT2D eigenvalue weighted by Crippen LogP contribution is -2.19. The summed E-state index contributed by atoms with van der Waals surface area (Å²) < 4.78 is 3.14. The molecule has 0 unspecified atom stereocenters. The van der Waals surface area contributed by atoms with Crippen molar-refractivity contribution in [3.63, 3.8) is 0 Å². The maximum atomic E-state index is 12.2. The van der Waals surface area contributed by atoms with Crippen LogP contribution in [0.25, 0.3) is 0 Å². The molecule has 0 aliphatic carbocycles. The molecule has 0 saturated carbocycles. The number of nitrogens with zero attached hydrogens (tertiary/aromatic N) is 4. The summed E-state index contributed by atoms with van der Waals surface area (Å²) in [5.41, 5.74) is 7.39. The number of aryl methyl sites for hydroxylation is 2. The predicted molar refractivity (Wildman–Crippen MR) is 75.0 cm³/mol. The molecule has 2 aromatic rings. The second-order valence-corrected chi connectivity index (χ2v) is 4.56. The van der Waals surface area contributed by atoms with E-state index in [4.69, 9.17) is 18.0 Å². The number of nitrogens with one attached hydrogen (secondary N) is 1. The molecule has 0 radical (unpaired) electrons. The van der Waals surface area contributed by atoms with Gasteiger partial charge < -0.3 is 11.1 Å². The molecular weight excluding hydrogens is 264 g/mol. The topological polar surface area (TPSA) is 90.8 Å². The number of amides is 1. The van der Waals surface area contributed by atoms with Crippen LogP contribution in [-0.4, -0.2) is 30.5 Å². The Hall–Kier alpha value is -2.22. The summed E-state index contributed by atoms with van der Waals surface area (Å²) in [6.45, 7) is 1.82. The summed E-state index contributed by atoms with van der Waals surface area (Å²) in [6, 6.07) is 0. The second-order valence-electron chi connectivity index (χ2n) is 4.12. The van der Waals surface area contributed by atoms with Gasteiger partial charge in [-0.2, -0.15) is 10.2 Å². The normalized spacial score (nSPS) is 10.5. The van der Waals surface area contributed by atoms with Crippen LogP contribution in [0.2, 0.25) is 0 Å². The predicted octanol–water partition coefficient (Wildman–Crippen LogP) is 0.349. The van der Waals surface area contributed by atoms with Crippen LogP contribution < -0.4 is 11.1 Å². The van der Waals surface area contributed by atoms with E-state index in [9.17, 15) is 4.79 Å². The summed E-state index contributed by atoms with van der Waals surface area (Å²) in [5.74, 6) is 0.201. The van der Waals surface area contributed by atoms with E-state index in [0.29, 0.717) is 16.9 Å². The first-order valence-electron chi connectivity index (χ1n) is 5.53. The highest BCUT2D eigenvalue weighted by molar-refractivity contribution is 7.80. The Morgan fingerprint density at radius 2 is 1.84 bits per heavy atom. The van der Waals surface area contributed by atoms with Crippen molar-refractivity contribution in [3.8, 4) is 0 Å². The zero-order chi connectivity index (χ0) is 14.2. The lowest BCUT2D eigenvalue weighted by atomic mass is 10.2. The number of rotatable bonds is 3. The molecule has 0 saturated heterocycles. The van der Waals surface area contributed by atoms with E-state index < -0.39 is 0 Å². The SMILES string of the molecule is Cc1c(C(=O)Nc2c(C(N)=S)cnn2C)cnn1C. The van der Waals surface area contributed by atoms with Gasteiger partial charge in [0.2, 0.25) is 0 Å². The summed E-state index contributed by atoms with van der Waals surface area (Å²) in [5, 5.41) is 10.8. The lowest BCUT2D eigenvalue weighted by Gasteiger charge is -2.07. The van der Waals surface area contributed by atoms with Gasteiger partial charge in [0.1, 0.15) is 10.8 Å². The number of thiocarbonyl (C=S) groups is 1. The molecule has 0 aliphatic heterocycles. The molecule has 0 atom stereocenters. The van der Waals surface area contributed by atoms with Crippen molar-refractivity contribution >= 4 is 28.9 Å². The number of carbonyl (C=O) groups excluding carboxylic acids is 1. The Morgan fingerprint density at radius 1 is 1.26 bits per heavy atom. The van der Waals surface area contributed by atoms with Gasteiger partial charge in [0.15, 0.2) is 0 Å². The third kappa shape index (κ3) is 2.34. The number of aromatic nitrogens is 4. The van der Waals surface area contributed by atoms with Crippen molar-refractivity contribution in [1.82, 2.24) is 19.6 Å². The van der Waals surface area contributed by atoms with Crippen LogP contribution in [0.15, 0.2) is 12.4 Å². The van der Waals surface area contributed by atoms with E-state index in [2.05, 4.69) is 15.5 Å². The van der Waals surface area contributed by atoms with Gasteiger partial charge in [0.25, 0.3) is 5.91 Å². The van der Waals surface area contributed by atoms with Gasteiger partial charge in [-0.05, 0) is 6.92 Å². The van der Waals surface area contributed by atoms with Gasteiger partial charge in [0.05, 0.1) is 23.5 Å². The van der Waals surface area contributed by atoms with Gasteiger partial charge >= 0.3 is 0 Å². The summed E-state index contributed by atoms with van der Waals surface area (Å²) in [7, 11) is 3.48. The zero-order valence-electron chi connectivity index (χ0n) is 10.8. The number of carbonyl (C=O) groups is 1. The van der Waals surface area contributed by atoms with Crippen LogP contribution in [-0.2, 0) is 14.1 Å². The van der Waals surface area contributed by atoms with E-state index in [1.807, 2.05) is 6.92 Å². The average Bonchev–Trinajstić information content (AvgIpc) is 2.85. The van der Waals surface area contributed by atoms with Crippen molar-refractivity contribution in [2.45, 2.75) is 6.92 Å². The highest BCUT2D eigenvalue weighted by Gasteiger charge is 2.17. The summed E-state index contributed by atoms with van der Waals surface area (Å²) >= 11 is 4.92. The molecule has 19 heavy (non-hydrogen) atoms. The van der Waals surface area contributed by atoms with Crippen LogP contribution in [0.5, 0.6) is 0 Å². The minimum absolute atomic E-state index is 0.186. The van der Waals surface area contributed by atoms with Gasteiger partial charge in [-0.15, -0.1) is 0 Å². The largest absolute Gasteiger partial charge is 0.389 e. The van der Waals surface area contributed by atoms with Gasteiger partial charge in [-0.1, -0.05) is 12.2 Å². The molecule has 2 aromatic heterocycles. The lowest BCUT2D eigenvalue weighted by molar-refractivity contribution is 0.102. The highest BCUT2D eigenvalue weighted by Crippen LogP contribution is 2.16. The van der Waals surface area contributed by atoms with E-state index >= 15 is 0 Å². The second kappa shape index (κ2) is 4.81. The van der Waals surface area contributed by atoms with Crippen molar-refractivity contribution in [3.05, 3.63) is 29.2 Å². The average molecular weight is 278 g/mol. The first-order valence-corrected chi connectivity index (χ1v) is 5.94. The molecule has 100 valence electrons. The zero-order valence-corrected chi connectivity index (χ0v) is 11.7. The van der Waals surface area contributed by atoms with Crippen LogP contribution in [0.1, 0.15) is 21.6 Å². The standard InChI is InChI=1S/C11H14N6OS/c1-6-7(4-13-16(6)2)11(18)15-10-8(9(12)19)5-14-17(10)3/h4-5H,1-3H3,(H2,12,19)(H,15,18). The maximum Gasteiger partial charge on any atom is 0.260 e. The molecular formula is C11H14N6OS. The number of nitrogens with two attached hydrogens (primary N) is 1. The van der Waals surface area contributed by atoms with Crippen LogP contribution in [0, 0.1) is 6.92 Å². The Balaban J connectivity index is 2.32. The molecule has 2 rings (SSSR count). The third-order valence-corrected chi connectivity index (χ3v) is 3.14. The minimum atomic E-state index is -0.272. The molecule has 3 N–H and O–H groups in total. The van der Waals surface area contributed by atoms with Crippen molar-refractivity contribution in [1.29, 1.82) is 0 Å². The van der Waals surface area contributed by atoms with E-state index in [1.165, 1.54) is 17.1 Å². The van der Waals surface area contributed by atoms with Crippen molar-refractivity contribution in [2.75, 3.05) is 5.32 Å². The minimum Gasteiger partial charge on any atom is -0.389 e. The smallest absolute Gasteiger partial charge is 0.260 e. The first kappa shape index (κ1) is 13.2. The van der Waals surface area contributed by atoms with Gasteiger partial charge in [-0.3, -0.25) is 14.2 Å². The van der Waals surface area contributed by atoms with Gasteiger partial charge in [0, 0.05) is 19.8 Å². The third-order valence-electron chi connectivity index (χ3n) is 2.92. The molecule has 0 aromatic carbocycles. The monoisotopic (exact) mass is 278 g/mol. The van der Waals surface area contributed by atoms with E-state index in [0.717, 1.165) is 5.69 Å². The van der Waals surface area contributed by atoms with Crippen LogP contribution >= 0.6 is 12.2 Å².